The number of rotatable bonds is 30. The maximum atomic E-state index is 6.19. The van der Waals surface area contributed by atoms with E-state index in [4.69, 9.17) is 9.47 Å². The number of quaternary nitrogens is 4. The SMILES string of the molecule is CCC[N+](CCC)(CCC)CCOCC[N+](CCC)(CCC)CCC.CC[N+](CC)(CC)CCOCC[N+](CC)(CC)CC. The number of hydrogen-bond donors (Lipinski definition) is 0. The fourth-order valence-electron chi connectivity index (χ4n) is 7.71. The Bertz CT molecular complexity index is 507. The predicted octanol–water partition coefficient (Wildman–Crippen LogP) is 7.85. The van der Waals surface area contributed by atoms with Gasteiger partial charge in [0.15, 0.2) is 0 Å². The van der Waals surface area contributed by atoms with Gasteiger partial charge in [0.05, 0.1) is 105 Å². The van der Waals surface area contributed by atoms with E-state index in [2.05, 4.69) is 83.1 Å². The summed E-state index contributed by atoms with van der Waals surface area (Å²) in [6.07, 6.45) is 7.69. The second-order valence-electron chi connectivity index (χ2n) is 13.7. The minimum absolute atomic E-state index is 0.909. The van der Waals surface area contributed by atoms with Crippen LogP contribution in [0.3, 0.4) is 0 Å². The highest BCUT2D eigenvalue weighted by Crippen LogP contribution is 2.14. The summed E-state index contributed by atoms with van der Waals surface area (Å²) < 4.78 is 17.0. The zero-order chi connectivity index (χ0) is 33.8. The first-order valence-electron chi connectivity index (χ1n) is 19.7. The van der Waals surface area contributed by atoms with Gasteiger partial charge < -0.3 is 27.4 Å². The van der Waals surface area contributed by atoms with Gasteiger partial charge in [-0.15, -0.1) is 0 Å². The van der Waals surface area contributed by atoms with Crippen LogP contribution in [0.5, 0.6) is 0 Å². The van der Waals surface area contributed by atoms with Crippen LogP contribution in [0, 0.1) is 0 Å². The number of nitrogens with zero attached hydrogens (tertiary/aromatic N) is 4. The minimum atomic E-state index is 0.909. The monoisotopic (exact) mass is 633 g/mol. The fraction of sp³-hybridized carbons (Fsp3) is 1.00. The molecule has 0 aromatic rings. The van der Waals surface area contributed by atoms with Crippen LogP contribution in [-0.2, 0) is 9.47 Å². The topological polar surface area (TPSA) is 18.5 Å². The van der Waals surface area contributed by atoms with Crippen LogP contribution < -0.4 is 0 Å². The van der Waals surface area contributed by atoms with Gasteiger partial charge in [-0.3, -0.25) is 0 Å². The lowest BCUT2D eigenvalue weighted by Crippen LogP contribution is -2.53. The van der Waals surface area contributed by atoms with Crippen molar-refractivity contribution < 1.29 is 27.4 Å². The Morgan fingerprint density at radius 2 is 0.432 bits per heavy atom. The quantitative estimate of drug-likeness (QED) is 0.0593. The van der Waals surface area contributed by atoms with E-state index in [1.54, 1.807) is 0 Å². The molecule has 6 nitrogen and oxygen atoms in total. The molecule has 268 valence electrons. The molecule has 0 atom stereocenters. The van der Waals surface area contributed by atoms with Crippen molar-refractivity contribution in [1.82, 2.24) is 0 Å². The van der Waals surface area contributed by atoms with E-state index < -0.39 is 0 Å². The van der Waals surface area contributed by atoms with Crippen molar-refractivity contribution in [3.8, 4) is 0 Å². The Balaban J connectivity index is 0. The summed E-state index contributed by atoms with van der Waals surface area (Å²) in [4.78, 5) is 0. The Labute approximate surface area is 279 Å². The third-order valence-corrected chi connectivity index (χ3v) is 11.1. The summed E-state index contributed by atoms with van der Waals surface area (Å²) in [6.45, 7) is 51.3. The molecule has 0 heterocycles. The molecule has 0 spiro atoms. The van der Waals surface area contributed by atoms with E-state index in [1.807, 2.05) is 0 Å². The summed E-state index contributed by atoms with van der Waals surface area (Å²) >= 11 is 0. The molecule has 0 unspecified atom stereocenters. The standard InChI is InChI=1S/C22H50N2O.C16H38N2O/c1-7-13-23(14-8-2,15-9-3)19-21-25-22-20-24(16-10-4,17-11-5)18-12-6;1-7-17(8-2,9-3)13-15-19-16-14-18(10-4,11-5)12-6/h7-22H2,1-6H3;7-16H2,1-6H3/q2*+2. The Hall–Kier alpha value is -0.240. The van der Waals surface area contributed by atoms with E-state index in [0.717, 1.165) is 39.5 Å². The third kappa shape index (κ3) is 18.2. The van der Waals surface area contributed by atoms with E-state index >= 15 is 0 Å². The Morgan fingerprint density at radius 3 is 0.591 bits per heavy atom. The molecule has 0 aromatic carbocycles. The highest BCUT2D eigenvalue weighted by molar-refractivity contribution is 4.48. The summed E-state index contributed by atoms with van der Waals surface area (Å²) in [5, 5.41) is 0. The number of likely N-dealkylation sites (N-methyl/N-ethyl adjacent to an activating group) is 2. The van der Waals surface area contributed by atoms with Crippen molar-refractivity contribution in [3.63, 3.8) is 0 Å². The number of ether oxygens (including phenoxy) is 2. The van der Waals surface area contributed by atoms with Crippen molar-refractivity contribution in [2.45, 2.75) is 122 Å². The van der Waals surface area contributed by atoms with Gasteiger partial charge in [0.2, 0.25) is 0 Å². The molecule has 0 saturated carbocycles. The van der Waals surface area contributed by atoms with E-state index in [0.29, 0.717) is 0 Å². The Kier molecular flexibility index (Phi) is 29.0. The molecule has 0 bridgehead atoms. The van der Waals surface area contributed by atoms with Gasteiger partial charge in [-0.25, -0.2) is 0 Å². The van der Waals surface area contributed by atoms with Gasteiger partial charge in [0.1, 0.15) is 26.2 Å². The van der Waals surface area contributed by atoms with Crippen molar-refractivity contribution in [3.05, 3.63) is 0 Å². The van der Waals surface area contributed by atoms with Gasteiger partial charge in [-0.1, -0.05) is 41.5 Å². The van der Waals surface area contributed by atoms with Crippen LogP contribution in [-0.4, -0.2) is 149 Å². The van der Waals surface area contributed by atoms with Gasteiger partial charge in [0.25, 0.3) is 0 Å². The molecule has 0 fully saturated rings. The van der Waals surface area contributed by atoms with Gasteiger partial charge in [0, 0.05) is 0 Å². The molecule has 44 heavy (non-hydrogen) atoms. The number of hydrogen-bond acceptors (Lipinski definition) is 2. The van der Waals surface area contributed by atoms with Crippen LogP contribution in [0.15, 0.2) is 0 Å². The van der Waals surface area contributed by atoms with Gasteiger partial charge in [-0.05, 0) is 80.1 Å². The maximum absolute atomic E-state index is 6.19. The highest BCUT2D eigenvalue weighted by Gasteiger charge is 2.27. The third-order valence-electron chi connectivity index (χ3n) is 11.1. The lowest BCUT2D eigenvalue weighted by Gasteiger charge is -2.39. The maximum Gasteiger partial charge on any atom is 0.102 e. The van der Waals surface area contributed by atoms with Crippen molar-refractivity contribution in [1.29, 1.82) is 0 Å². The molecule has 0 aromatic heterocycles. The predicted molar refractivity (Wildman–Crippen MR) is 196 cm³/mol. The van der Waals surface area contributed by atoms with Crippen LogP contribution in [0.4, 0.5) is 0 Å². The lowest BCUT2D eigenvalue weighted by atomic mass is 10.2. The zero-order valence-corrected chi connectivity index (χ0v) is 33.0. The molecule has 0 aliphatic heterocycles. The molecular formula is C38H88N4O2+4. The van der Waals surface area contributed by atoms with Crippen molar-refractivity contribution in [2.75, 3.05) is 131 Å². The zero-order valence-electron chi connectivity index (χ0n) is 33.0. The first-order valence-corrected chi connectivity index (χ1v) is 19.7. The summed E-state index contributed by atoms with van der Waals surface area (Å²) in [7, 11) is 0. The molecule has 0 saturated heterocycles. The van der Waals surface area contributed by atoms with Crippen LogP contribution in [0.2, 0.25) is 0 Å². The lowest BCUT2D eigenvalue weighted by molar-refractivity contribution is -0.931. The first-order chi connectivity index (χ1) is 21.1. The second-order valence-corrected chi connectivity index (χ2v) is 13.7. The second kappa shape index (κ2) is 27.8. The average Bonchev–Trinajstić information content (AvgIpc) is 3.02. The van der Waals surface area contributed by atoms with Crippen LogP contribution >= 0.6 is 0 Å². The van der Waals surface area contributed by atoms with Crippen LogP contribution in [0.25, 0.3) is 0 Å². The molecule has 0 amide bonds. The highest BCUT2D eigenvalue weighted by atomic mass is 16.5. The fourth-order valence-corrected chi connectivity index (χ4v) is 7.71. The molecular weight excluding hydrogens is 544 g/mol. The van der Waals surface area contributed by atoms with Crippen molar-refractivity contribution in [2.24, 2.45) is 0 Å². The molecule has 6 heteroatoms. The largest absolute Gasteiger partial charge is 0.370 e. The average molecular weight is 633 g/mol. The Morgan fingerprint density at radius 1 is 0.250 bits per heavy atom. The molecule has 0 radical (unpaired) electrons. The van der Waals surface area contributed by atoms with Gasteiger partial charge >= 0.3 is 0 Å². The van der Waals surface area contributed by atoms with Crippen molar-refractivity contribution >= 4 is 0 Å². The molecule has 0 aliphatic carbocycles. The van der Waals surface area contributed by atoms with E-state index in [9.17, 15) is 0 Å². The molecule has 0 aliphatic rings. The first kappa shape index (κ1) is 45.9. The molecule has 0 rings (SSSR count). The van der Waals surface area contributed by atoms with Gasteiger partial charge in [-0.2, -0.15) is 0 Å². The molecule has 0 N–H and O–H groups in total. The van der Waals surface area contributed by atoms with E-state index in [1.165, 1.54) is 148 Å². The summed E-state index contributed by atoms with van der Waals surface area (Å²) in [5.41, 5.74) is 0. The van der Waals surface area contributed by atoms with E-state index in [-0.39, 0.29) is 0 Å². The normalized spacial score (nSPS) is 12.8. The summed E-state index contributed by atoms with van der Waals surface area (Å²) in [5.74, 6) is 0. The van der Waals surface area contributed by atoms with Crippen LogP contribution in [0.1, 0.15) is 122 Å². The minimum Gasteiger partial charge on any atom is -0.370 e. The smallest absolute Gasteiger partial charge is 0.102 e. The summed E-state index contributed by atoms with van der Waals surface area (Å²) in [6, 6.07) is 0.